The molecule has 0 bridgehead atoms. The number of hydrogen-bond acceptors (Lipinski definition) is 3. The number of rotatable bonds is 5. The molecule has 1 atom stereocenters. The molecule has 2 aromatic rings. The van der Waals surface area contributed by atoms with E-state index in [1.54, 1.807) is 6.20 Å². The van der Waals surface area contributed by atoms with Crippen molar-refractivity contribution >= 4 is 16.8 Å². The van der Waals surface area contributed by atoms with Crippen LogP contribution in [0.25, 0.3) is 10.9 Å². The van der Waals surface area contributed by atoms with E-state index in [4.69, 9.17) is 5.73 Å². The summed E-state index contributed by atoms with van der Waals surface area (Å²) in [7, 11) is 0. The largest absolute Gasteiger partial charge is 0.352 e. The van der Waals surface area contributed by atoms with E-state index in [-0.39, 0.29) is 17.7 Å². The number of hydrogen-bond donors (Lipinski definition) is 2. The molecule has 4 nitrogen and oxygen atoms in total. The lowest BCUT2D eigenvalue weighted by atomic mass is 9.95. The third-order valence-corrected chi connectivity index (χ3v) is 3.56. The number of aromatic nitrogens is 1. The Balaban J connectivity index is 2.11. The zero-order valence-corrected chi connectivity index (χ0v) is 12.0. The molecule has 0 radical (unpaired) electrons. The quantitative estimate of drug-likeness (QED) is 0.875. The molecule has 20 heavy (non-hydrogen) atoms. The first kappa shape index (κ1) is 14.5. The maximum Gasteiger partial charge on any atom is 0.224 e. The fraction of sp³-hybridized carbons (Fsp3) is 0.375. The lowest BCUT2D eigenvalue weighted by Gasteiger charge is -2.18. The van der Waals surface area contributed by atoms with Gasteiger partial charge in [-0.05, 0) is 17.5 Å². The first-order valence-corrected chi connectivity index (χ1v) is 6.94. The average molecular weight is 271 g/mol. The van der Waals surface area contributed by atoms with E-state index < -0.39 is 0 Å². The fourth-order valence-corrected chi connectivity index (χ4v) is 2.31. The Labute approximate surface area is 119 Å². The number of nitrogens with two attached hydrogens (primary N) is 1. The van der Waals surface area contributed by atoms with E-state index in [1.165, 1.54) is 0 Å². The van der Waals surface area contributed by atoms with Crippen molar-refractivity contribution in [2.75, 3.05) is 6.54 Å². The van der Waals surface area contributed by atoms with Crippen LogP contribution in [0.1, 0.15) is 19.4 Å². The zero-order chi connectivity index (χ0) is 14.5. The van der Waals surface area contributed by atoms with Gasteiger partial charge in [0.05, 0.1) is 11.4 Å². The molecule has 3 N–H and O–H groups in total. The van der Waals surface area contributed by atoms with Gasteiger partial charge < -0.3 is 11.1 Å². The van der Waals surface area contributed by atoms with Crippen LogP contribution in [0.5, 0.6) is 0 Å². The highest BCUT2D eigenvalue weighted by Gasteiger charge is 2.20. The number of para-hydroxylation sites is 1. The molecule has 0 saturated heterocycles. The van der Waals surface area contributed by atoms with Crippen molar-refractivity contribution in [3.63, 3.8) is 0 Å². The van der Waals surface area contributed by atoms with Gasteiger partial charge in [0.2, 0.25) is 5.91 Å². The van der Waals surface area contributed by atoms with Gasteiger partial charge in [0.15, 0.2) is 0 Å². The summed E-state index contributed by atoms with van der Waals surface area (Å²) in [6, 6.07) is 9.92. The lowest BCUT2D eigenvalue weighted by molar-refractivity contribution is -0.126. The molecule has 2 rings (SSSR count). The van der Waals surface area contributed by atoms with Crippen molar-refractivity contribution in [1.82, 2.24) is 10.3 Å². The van der Waals surface area contributed by atoms with Gasteiger partial charge >= 0.3 is 0 Å². The maximum absolute atomic E-state index is 12.1. The number of nitrogens with one attached hydrogen (secondary N) is 1. The van der Waals surface area contributed by atoms with Gasteiger partial charge in [-0.3, -0.25) is 9.78 Å². The Kier molecular flexibility index (Phi) is 4.69. The molecule has 1 amide bonds. The zero-order valence-electron chi connectivity index (χ0n) is 12.0. The summed E-state index contributed by atoms with van der Waals surface area (Å²) in [5.41, 5.74) is 7.62. The minimum Gasteiger partial charge on any atom is -0.352 e. The second-order valence-corrected chi connectivity index (χ2v) is 5.30. The molecule has 1 aromatic heterocycles. The molecule has 4 heteroatoms. The molecule has 1 aromatic carbocycles. The van der Waals surface area contributed by atoms with Gasteiger partial charge in [-0.25, -0.2) is 0 Å². The minimum absolute atomic E-state index is 0.00966. The van der Waals surface area contributed by atoms with Crippen molar-refractivity contribution in [2.45, 2.75) is 20.4 Å². The highest BCUT2D eigenvalue weighted by Crippen LogP contribution is 2.16. The first-order valence-electron chi connectivity index (χ1n) is 6.94. The first-order chi connectivity index (χ1) is 9.63. The average Bonchev–Trinajstić information content (AvgIpc) is 2.45. The van der Waals surface area contributed by atoms with Gasteiger partial charge in [0, 0.05) is 24.7 Å². The van der Waals surface area contributed by atoms with Gasteiger partial charge in [0.1, 0.15) is 0 Å². The van der Waals surface area contributed by atoms with Crippen LogP contribution >= 0.6 is 0 Å². The van der Waals surface area contributed by atoms with Crippen molar-refractivity contribution < 1.29 is 4.79 Å². The fourth-order valence-electron chi connectivity index (χ4n) is 2.31. The minimum atomic E-state index is -0.141. The van der Waals surface area contributed by atoms with E-state index in [9.17, 15) is 4.79 Å². The van der Waals surface area contributed by atoms with Crippen molar-refractivity contribution in [3.8, 4) is 0 Å². The van der Waals surface area contributed by atoms with Crippen LogP contribution in [0.15, 0.2) is 36.5 Å². The summed E-state index contributed by atoms with van der Waals surface area (Å²) >= 11 is 0. The summed E-state index contributed by atoms with van der Waals surface area (Å²) in [5, 5.41) is 4.05. The molecule has 0 spiro atoms. The number of carbonyl (C=O) groups excluding carboxylic acids is 1. The Hall–Kier alpha value is -1.94. The molecular formula is C16H21N3O. The van der Waals surface area contributed by atoms with Crippen LogP contribution in [-0.4, -0.2) is 17.4 Å². The molecule has 0 aliphatic carbocycles. The van der Waals surface area contributed by atoms with E-state index in [0.717, 1.165) is 16.5 Å². The monoisotopic (exact) mass is 271 g/mol. The highest BCUT2D eigenvalue weighted by molar-refractivity contribution is 5.83. The number of carbonyl (C=O) groups is 1. The van der Waals surface area contributed by atoms with Crippen LogP contribution < -0.4 is 11.1 Å². The Bertz CT molecular complexity index is 590. The molecular weight excluding hydrogens is 250 g/mol. The number of fused-ring (bicyclic) bond motifs is 1. The summed E-state index contributed by atoms with van der Waals surface area (Å²) in [6.45, 7) is 4.88. The normalized spacial score (nSPS) is 12.6. The molecule has 0 aliphatic rings. The number of nitrogens with zero attached hydrogens (tertiary/aromatic N) is 1. The van der Waals surface area contributed by atoms with Crippen LogP contribution in [0.3, 0.4) is 0 Å². The molecule has 0 aliphatic heterocycles. The molecule has 1 unspecified atom stereocenters. The van der Waals surface area contributed by atoms with E-state index >= 15 is 0 Å². The van der Waals surface area contributed by atoms with E-state index in [2.05, 4.69) is 10.3 Å². The van der Waals surface area contributed by atoms with Crippen molar-refractivity contribution in [2.24, 2.45) is 17.6 Å². The maximum atomic E-state index is 12.1. The van der Waals surface area contributed by atoms with E-state index in [1.807, 2.05) is 44.2 Å². The topological polar surface area (TPSA) is 68.0 Å². The summed E-state index contributed by atoms with van der Waals surface area (Å²) in [6.07, 6.45) is 1.77. The standard InChI is InChI=1S/C16H21N3O/c1-11(2)14(9-17)16(20)19-10-13-6-3-5-12-7-4-8-18-15(12)13/h3-8,11,14H,9-10,17H2,1-2H3,(H,19,20). The molecule has 0 saturated carbocycles. The van der Waals surface area contributed by atoms with E-state index in [0.29, 0.717) is 13.1 Å². The predicted molar refractivity (Wildman–Crippen MR) is 81.0 cm³/mol. The van der Waals surface area contributed by atoms with Gasteiger partial charge in [-0.15, -0.1) is 0 Å². The highest BCUT2D eigenvalue weighted by atomic mass is 16.1. The lowest BCUT2D eigenvalue weighted by Crippen LogP contribution is -2.37. The second kappa shape index (κ2) is 6.48. The van der Waals surface area contributed by atoms with Crippen molar-refractivity contribution in [1.29, 1.82) is 0 Å². The van der Waals surface area contributed by atoms with Crippen molar-refractivity contribution in [3.05, 3.63) is 42.1 Å². The summed E-state index contributed by atoms with van der Waals surface area (Å²) in [5.74, 6) is 0.110. The number of pyridine rings is 1. The number of amides is 1. The third-order valence-electron chi connectivity index (χ3n) is 3.56. The Morgan fingerprint density at radius 1 is 1.30 bits per heavy atom. The summed E-state index contributed by atoms with van der Waals surface area (Å²) < 4.78 is 0. The third kappa shape index (κ3) is 3.14. The van der Waals surface area contributed by atoms with Gasteiger partial charge in [-0.2, -0.15) is 0 Å². The molecule has 1 heterocycles. The SMILES string of the molecule is CC(C)C(CN)C(=O)NCc1cccc2cccnc12. The molecule has 106 valence electrons. The predicted octanol–water partition coefficient (Wildman–Crippen LogP) is 2.08. The van der Waals surface area contributed by atoms with Gasteiger partial charge in [-0.1, -0.05) is 38.1 Å². The number of benzene rings is 1. The van der Waals surface area contributed by atoms with Gasteiger partial charge in [0.25, 0.3) is 0 Å². The van der Waals surface area contributed by atoms with Crippen LogP contribution in [0.4, 0.5) is 0 Å². The second-order valence-electron chi connectivity index (χ2n) is 5.30. The Morgan fingerprint density at radius 3 is 2.75 bits per heavy atom. The Morgan fingerprint density at radius 2 is 2.05 bits per heavy atom. The van der Waals surface area contributed by atoms with Crippen LogP contribution in [-0.2, 0) is 11.3 Å². The van der Waals surface area contributed by atoms with Crippen LogP contribution in [0, 0.1) is 11.8 Å². The molecule has 0 fully saturated rings. The summed E-state index contributed by atoms with van der Waals surface area (Å²) in [4.78, 5) is 16.5. The van der Waals surface area contributed by atoms with Crippen LogP contribution in [0.2, 0.25) is 0 Å². The smallest absolute Gasteiger partial charge is 0.224 e.